The Morgan fingerprint density at radius 1 is 1.29 bits per heavy atom. The first-order chi connectivity index (χ1) is 8.34. The van der Waals surface area contributed by atoms with E-state index in [1.807, 2.05) is 18.2 Å². The number of carbonyl (C=O) groups is 1. The Balaban J connectivity index is 1.84. The predicted molar refractivity (Wildman–Crippen MR) is 64.5 cm³/mol. The number of rotatable bonds is 2. The molecule has 1 aliphatic carbocycles. The number of aromatic nitrogens is 3. The fraction of sp³-hybridized carbons (Fsp3) is 0.417. The maximum absolute atomic E-state index is 12.0. The minimum atomic E-state index is 0.109. The third kappa shape index (κ3) is 1.88. The van der Waals surface area contributed by atoms with Crippen LogP contribution in [-0.2, 0) is 4.79 Å². The van der Waals surface area contributed by atoms with Gasteiger partial charge in [-0.2, -0.15) is 15.4 Å². The molecule has 1 aromatic heterocycles. The second-order valence-corrected chi connectivity index (χ2v) is 4.47. The maximum atomic E-state index is 12.0. The Morgan fingerprint density at radius 3 is 2.94 bits per heavy atom. The first kappa shape index (κ1) is 10.3. The van der Waals surface area contributed by atoms with Crippen molar-refractivity contribution < 1.29 is 4.79 Å². The fourth-order valence-corrected chi connectivity index (χ4v) is 2.39. The van der Waals surface area contributed by atoms with Gasteiger partial charge in [-0.1, -0.05) is 18.9 Å². The van der Waals surface area contributed by atoms with Crippen molar-refractivity contribution in [3.05, 3.63) is 18.2 Å². The first-order valence-electron chi connectivity index (χ1n) is 5.95. The molecule has 88 valence electrons. The molecule has 3 rings (SSSR count). The number of para-hydroxylation sites is 1. The molecule has 2 N–H and O–H groups in total. The number of fused-ring (bicyclic) bond motifs is 1. The lowest BCUT2D eigenvalue weighted by Crippen LogP contribution is -2.20. The molecular formula is C12H14N4O. The van der Waals surface area contributed by atoms with Crippen LogP contribution in [0.4, 0.5) is 5.69 Å². The van der Waals surface area contributed by atoms with Gasteiger partial charge >= 0.3 is 0 Å². The third-order valence-electron chi connectivity index (χ3n) is 3.33. The van der Waals surface area contributed by atoms with Gasteiger partial charge in [0.2, 0.25) is 5.91 Å². The maximum Gasteiger partial charge on any atom is 0.227 e. The van der Waals surface area contributed by atoms with E-state index >= 15 is 0 Å². The van der Waals surface area contributed by atoms with Crippen LogP contribution in [0.3, 0.4) is 0 Å². The van der Waals surface area contributed by atoms with E-state index in [0.29, 0.717) is 0 Å². The second kappa shape index (κ2) is 4.16. The van der Waals surface area contributed by atoms with E-state index in [9.17, 15) is 4.79 Å². The average Bonchev–Trinajstić information content (AvgIpc) is 3.00. The molecule has 2 aromatic rings. The monoisotopic (exact) mass is 230 g/mol. The summed E-state index contributed by atoms with van der Waals surface area (Å²) in [7, 11) is 0. The molecule has 5 heteroatoms. The molecule has 0 radical (unpaired) electrons. The Bertz CT molecular complexity index is 542. The van der Waals surface area contributed by atoms with Crippen molar-refractivity contribution in [3.8, 4) is 0 Å². The minimum absolute atomic E-state index is 0.109. The van der Waals surface area contributed by atoms with Crippen LogP contribution in [0.1, 0.15) is 25.7 Å². The van der Waals surface area contributed by atoms with Crippen molar-refractivity contribution in [2.75, 3.05) is 5.32 Å². The van der Waals surface area contributed by atoms with Gasteiger partial charge < -0.3 is 5.32 Å². The summed E-state index contributed by atoms with van der Waals surface area (Å²) in [4.78, 5) is 12.0. The Labute approximate surface area is 98.6 Å². The zero-order valence-corrected chi connectivity index (χ0v) is 9.44. The molecule has 1 aromatic carbocycles. The van der Waals surface area contributed by atoms with Crippen LogP contribution in [0.15, 0.2) is 18.2 Å². The number of benzene rings is 1. The van der Waals surface area contributed by atoms with Crippen molar-refractivity contribution >= 4 is 22.6 Å². The van der Waals surface area contributed by atoms with Gasteiger partial charge in [-0.25, -0.2) is 0 Å². The van der Waals surface area contributed by atoms with Crippen LogP contribution in [0.25, 0.3) is 11.0 Å². The Kier molecular flexibility index (Phi) is 2.51. The highest BCUT2D eigenvalue weighted by Crippen LogP contribution is 2.27. The number of amides is 1. The van der Waals surface area contributed by atoms with Gasteiger partial charge in [0.15, 0.2) is 0 Å². The topological polar surface area (TPSA) is 70.7 Å². The summed E-state index contributed by atoms with van der Waals surface area (Å²) in [5.41, 5.74) is 2.24. The number of aromatic amines is 1. The number of carbonyl (C=O) groups excluding carboxylic acids is 1. The Morgan fingerprint density at radius 2 is 2.12 bits per heavy atom. The van der Waals surface area contributed by atoms with Crippen LogP contribution in [0.2, 0.25) is 0 Å². The molecule has 0 bridgehead atoms. The molecule has 1 amide bonds. The van der Waals surface area contributed by atoms with E-state index in [1.54, 1.807) is 0 Å². The molecule has 1 heterocycles. The zero-order valence-electron chi connectivity index (χ0n) is 9.44. The number of hydrogen-bond donors (Lipinski definition) is 2. The molecular weight excluding hydrogens is 216 g/mol. The van der Waals surface area contributed by atoms with Crippen molar-refractivity contribution in [2.24, 2.45) is 5.92 Å². The van der Waals surface area contributed by atoms with Crippen LogP contribution in [0, 0.1) is 5.92 Å². The van der Waals surface area contributed by atoms with E-state index in [4.69, 9.17) is 0 Å². The van der Waals surface area contributed by atoms with E-state index in [2.05, 4.69) is 20.7 Å². The summed E-state index contributed by atoms with van der Waals surface area (Å²) in [5, 5.41) is 13.6. The summed E-state index contributed by atoms with van der Waals surface area (Å²) in [5.74, 6) is 0.273. The molecule has 0 saturated heterocycles. The van der Waals surface area contributed by atoms with Gasteiger partial charge in [0.25, 0.3) is 0 Å². The summed E-state index contributed by atoms with van der Waals surface area (Å²) in [6.07, 6.45) is 4.32. The first-order valence-corrected chi connectivity index (χ1v) is 5.95. The standard InChI is InChI=1S/C12H14N4O/c17-12(8-4-1-2-5-8)13-9-6-3-7-10-11(9)15-16-14-10/h3,6-8H,1-2,4-5H2,(H,13,17)(H,14,15,16). The molecule has 0 aliphatic heterocycles. The van der Waals surface area contributed by atoms with Gasteiger partial charge in [0, 0.05) is 5.92 Å². The smallest absolute Gasteiger partial charge is 0.227 e. The summed E-state index contributed by atoms with van der Waals surface area (Å²) in [6, 6.07) is 5.59. The van der Waals surface area contributed by atoms with Gasteiger partial charge in [-0.3, -0.25) is 4.79 Å². The molecule has 0 spiro atoms. The van der Waals surface area contributed by atoms with Crippen molar-refractivity contribution in [1.29, 1.82) is 0 Å². The van der Waals surface area contributed by atoms with Crippen molar-refractivity contribution in [2.45, 2.75) is 25.7 Å². The SMILES string of the molecule is O=C(Nc1cccc2n[nH]nc12)C1CCCC1. The van der Waals surface area contributed by atoms with Crippen LogP contribution >= 0.6 is 0 Å². The van der Waals surface area contributed by atoms with Crippen LogP contribution in [0.5, 0.6) is 0 Å². The number of H-pyrrole nitrogens is 1. The molecule has 5 nitrogen and oxygen atoms in total. The lowest BCUT2D eigenvalue weighted by Gasteiger charge is -2.10. The second-order valence-electron chi connectivity index (χ2n) is 4.47. The van der Waals surface area contributed by atoms with Gasteiger partial charge in [0.1, 0.15) is 11.0 Å². The van der Waals surface area contributed by atoms with E-state index in [0.717, 1.165) is 42.4 Å². The van der Waals surface area contributed by atoms with E-state index < -0.39 is 0 Å². The normalized spacial score (nSPS) is 16.5. The van der Waals surface area contributed by atoms with E-state index in [-0.39, 0.29) is 11.8 Å². The highest BCUT2D eigenvalue weighted by molar-refractivity contribution is 6.00. The minimum Gasteiger partial charge on any atom is -0.324 e. The van der Waals surface area contributed by atoms with Crippen molar-refractivity contribution in [1.82, 2.24) is 15.4 Å². The largest absolute Gasteiger partial charge is 0.324 e. The molecule has 0 atom stereocenters. The zero-order chi connectivity index (χ0) is 11.7. The summed E-state index contributed by atoms with van der Waals surface area (Å²) < 4.78 is 0. The third-order valence-corrected chi connectivity index (χ3v) is 3.33. The van der Waals surface area contributed by atoms with Gasteiger partial charge in [0.05, 0.1) is 5.69 Å². The average molecular weight is 230 g/mol. The highest BCUT2D eigenvalue weighted by atomic mass is 16.1. The number of anilines is 1. The highest BCUT2D eigenvalue weighted by Gasteiger charge is 2.23. The number of nitrogens with one attached hydrogen (secondary N) is 2. The van der Waals surface area contributed by atoms with Gasteiger partial charge in [-0.15, -0.1) is 0 Å². The lowest BCUT2D eigenvalue weighted by molar-refractivity contribution is -0.119. The quantitative estimate of drug-likeness (QED) is 0.829. The fourth-order valence-electron chi connectivity index (χ4n) is 2.39. The summed E-state index contributed by atoms with van der Waals surface area (Å²) >= 11 is 0. The lowest BCUT2D eigenvalue weighted by atomic mass is 10.1. The number of hydrogen-bond acceptors (Lipinski definition) is 3. The van der Waals surface area contributed by atoms with Crippen LogP contribution < -0.4 is 5.32 Å². The molecule has 17 heavy (non-hydrogen) atoms. The molecule has 1 fully saturated rings. The summed E-state index contributed by atoms with van der Waals surface area (Å²) in [6.45, 7) is 0. The van der Waals surface area contributed by atoms with Crippen LogP contribution in [-0.4, -0.2) is 21.3 Å². The Hall–Kier alpha value is -1.91. The molecule has 0 unspecified atom stereocenters. The van der Waals surface area contributed by atoms with Crippen molar-refractivity contribution in [3.63, 3.8) is 0 Å². The van der Waals surface area contributed by atoms with E-state index in [1.165, 1.54) is 0 Å². The predicted octanol–water partition coefficient (Wildman–Crippen LogP) is 2.09. The van der Waals surface area contributed by atoms with Gasteiger partial charge in [-0.05, 0) is 25.0 Å². The molecule has 1 saturated carbocycles. The number of nitrogens with zero attached hydrogens (tertiary/aromatic N) is 2. The molecule has 1 aliphatic rings.